The zero-order chi connectivity index (χ0) is 41.0. The highest BCUT2D eigenvalue weighted by molar-refractivity contribution is 5.92. The molecule has 1 unspecified atom stereocenters. The SMILES string of the molecule is CN[C@@H](C)C(=O)N[C@H]1Cc2ccc(cc2)OCc2cn(nn2)CCCOc2ccc(cc2)C[C@@H](C(=O)O)NC(=O)[C@H](Cc2ccccc2)NC(=O)[C@@H]2CCCN2C1O. The smallest absolute Gasteiger partial charge is 0.326 e. The lowest BCUT2D eigenvalue weighted by Gasteiger charge is -2.35. The first-order valence-electron chi connectivity index (χ1n) is 19.7. The molecule has 1 aromatic heterocycles. The second-order valence-electron chi connectivity index (χ2n) is 14.7. The molecule has 6 atom stereocenters. The number of aryl methyl sites for hydroxylation is 1. The maximum atomic E-state index is 14.1. The normalized spacial score (nSPS) is 23.1. The van der Waals surface area contributed by atoms with Crippen molar-refractivity contribution in [2.75, 3.05) is 20.2 Å². The molecule has 0 radical (unpaired) electrons. The van der Waals surface area contributed by atoms with Gasteiger partial charge in [-0.05, 0) is 74.2 Å². The van der Waals surface area contributed by atoms with Crippen LogP contribution >= 0.6 is 0 Å². The largest absolute Gasteiger partial charge is 0.494 e. The minimum atomic E-state index is -1.29. The van der Waals surface area contributed by atoms with Crippen LogP contribution in [0.25, 0.3) is 0 Å². The number of hydrogen-bond donors (Lipinski definition) is 6. The third-order valence-corrected chi connectivity index (χ3v) is 10.5. The zero-order valence-electron chi connectivity index (χ0n) is 32.8. The van der Waals surface area contributed by atoms with Crippen LogP contribution in [-0.2, 0) is 51.6 Å². The van der Waals surface area contributed by atoms with Crippen LogP contribution in [0, 0.1) is 0 Å². The lowest BCUT2D eigenvalue weighted by Crippen LogP contribution is -2.60. The molecule has 5 aliphatic heterocycles. The van der Waals surface area contributed by atoms with Crippen molar-refractivity contribution < 1.29 is 38.9 Å². The van der Waals surface area contributed by atoms with Gasteiger partial charge < -0.3 is 41.0 Å². The van der Waals surface area contributed by atoms with Crippen LogP contribution in [0.1, 0.15) is 48.6 Å². The first kappa shape index (κ1) is 41.8. The number of aliphatic hydroxyl groups excluding tert-OH is 1. The number of benzene rings is 3. The average molecular weight is 797 g/mol. The molecule has 3 aromatic carbocycles. The minimum absolute atomic E-state index is 0.00376. The van der Waals surface area contributed by atoms with Crippen molar-refractivity contribution in [3.63, 3.8) is 0 Å². The number of likely N-dealkylation sites (N-methyl/N-ethyl adjacent to an activating group) is 1. The van der Waals surface area contributed by atoms with Gasteiger partial charge in [0.2, 0.25) is 17.7 Å². The van der Waals surface area contributed by atoms with E-state index >= 15 is 0 Å². The molecule has 308 valence electrons. The molecule has 58 heavy (non-hydrogen) atoms. The van der Waals surface area contributed by atoms with Crippen molar-refractivity contribution in [3.8, 4) is 11.5 Å². The van der Waals surface area contributed by atoms with Crippen molar-refractivity contribution in [1.82, 2.24) is 41.2 Å². The predicted molar refractivity (Wildman–Crippen MR) is 213 cm³/mol. The second kappa shape index (κ2) is 20.0. The minimum Gasteiger partial charge on any atom is -0.494 e. The number of aliphatic hydroxyl groups is 1. The van der Waals surface area contributed by atoms with E-state index in [1.165, 1.54) is 0 Å². The third kappa shape index (κ3) is 11.4. The molecule has 1 fully saturated rings. The van der Waals surface area contributed by atoms with Crippen LogP contribution in [0.15, 0.2) is 85.1 Å². The number of amides is 3. The first-order valence-corrected chi connectivity index (χ1v) is 19.7. The van der Waals surface area contributed by atoms with E-state index in [1.54, 1.807) is 60.0 Å². The summed E-state index contributed by atoms with van der Waals surface area (Å²) in [6.45, 7) is 3.26. The highest BCUT2D eigenvalue weighted by Gasteiger charge is 2.40. The summed E-state index contributed by atoms with van der Waals surface area (Å²) in [4.78, 5) is 55.4. The van der Waals surface area contributed by atoms with Gasteiger partial charge in [-0.1, -0.05) is 59.8 Å². The van der Waals surface area contributed by atoms with E-state index in [2.05, 4.69) is 31.6 Å². The highest BCUT2D eigenvalue weighted by atomic mass is 16.5. The summed E-state index contributed by atoms with van der Waals surface area (Å²) in [5.74, 6) is -1.48. The molecule has 16 nitrogen and oxygen atoms in total. The van der Waals surface area contributed by atoms with Crippen LogP contribution in [0.4, 0.5) is 0 Å². The van der Waals surface area contributed by atoms with Crippen molar-refractivity contribution in [1.29, 1.82) is 0 Å². The molecule has 1 saturated heterocycles. The first-order chi connectivity index (χ1) is 28.1. The maximum absolute atomic E-state index is 14.1. The molecule has 0 spiro atoms. The molecule has 4 aromatic rings. The van der Waals surface area contributed by atoms with Crippen LogP contribution in [0.3, 0.4) is 0 Å². The van der Waals surface area contributed by atoms with Gasteiger partial charge >= 0.3 is 5.97 Å². The number of aromatic nitrogens is 3. The van der Waals surface area contributed by atoms with Gasteiger partial charge in [-0.2, -0.15) is 0 Å². The van der Waals surface area contributed by atoms with Gasteiger partial charge in [0.15, 0.2) is 0 Å². The molecule has 6 bridgehead atoms. The molecule has 3 amide bonds. The molecule has 6 N–H and O–H groups in total. The summed E-state index contributed by atoms with van der Waals surface area (Å²) < 4.78 is 13.6. The Bertz CT molecular complexity index is 1980. The Hall–Kier alpha value is -5.84. The summed E-state index contributed by atoms with van der Waals surface area (Å²) >= 11 is 0. The Morgan fingerprint density at radius 1 is 0.897 bits per heavy atom. The van der Waals surface area contributed by atoms with E-state index < -0.39 is 54.2 Å². The van der Waals surface area contributed by atoms with E-state index in [9.17, 15) is 29.4 Å². The molecular formula is C42H52N8O8. The molecule has 5 aliphatic rings. The van der Waals surface area contributed by atoms with Crippen molar-refractivity contribution >= 4 is 23.7 Å². The fraction of sp³-hybridized carbons (Fsp3) is 0.429. The molecule has 16 heteroatoms. The molecule has 9 rings (SSSR count). The Morgan fingerprint density at radius 2 is 1.59 bits per heavy atom. The third-order valence-electron chi connectivity index (χ3n) is 10.5. The van der Waals surface area contributed by atoms with Gasteiger partial charge in [0.05, 0.1) is 30.9 Å². The van der Waals surface area contributed by atoms with Crippen molar-refractivity contribution in [3.05, 3.63) is 107 Å². The topological polar surface area (TPSA) is 209 Å². The van der Waals surface area contributed by atoms with E-state index in [4.69, 9.17) is 9.47 Å². The van der Waals surface area contributed by atoms with Gasteiger partial charge in [-0.3, -0.25) is 24.0 Å². The molecule has 0 saturated carbocycles. The van der Waals surface area contributed by atoms with E-state index in [1.807, 2.05) is 48.7 Å². The Morgan fingerprint density at radius 3 is 2.28 bits per heavy atom. The fourth-order valence-electron chi connectivity index (χ4n) is 7.11. The molecule has 6 heterocycles. The van der Waals surface area contributed by atoms with E-state index in [0.29, 0.717) is 61.7 Å². The fourth-order valence-corrected chi connectivity index (χ4v) is 7.11. The summed E-state index contributed by atoms with van der Waals surface area (Å²) in [6.07, 6.45) is 2.52. The summed E-state index contributed by atoms with van der Waals surface area (Å²) in [5.41, 5.74) is 2.90. The summed E-state index contributed by atoms with van der Waals surface area (Å²) in [7, 11) is 1.67. The van der Waals surface area contributed by atoms with Gasteiger partial charge in [0.25, 0.3) is 0 Å². The van der Waals surface area contributed by atoms with E-state index in [-0.39, 0.29) is 31.8 Å². The van der Waals surface area contributed by atoms with Crippen LogP contribution in [-0.4, -0.2) is 110 Å². The predicted octanol–water partition coefficient (Wildman–Crippen LogP) is 1.60. The quantitative estimate of drug-likeness (QED) is 0.165. The van der Waals surface area contributed by atoms with Gasteiger partial charge in [0, 0.05) is 32.4 Å². The average Bonchev–Trinajstić information content (AvgIpc) is 3.92. The number of aliphatic carboxylic acids is 1. The van der Waals surface area contributed by atoms with Crippen LogP contribution in [0.2, 0.25) is 0 Å². The number of carboxylic acids is 1. The number of carboxylic acid groups (broad SMARTS) is 1. The van der Waals surface area contributed by atoms with Crippen LogP contribution in [0.5, 0.6) is 11.5 Å². The zero-order valence-corrected chi connectivity index (χ0v) is 32.8. The van der Waals surface area contributed by atoms with Crippen molar-refractivity contribution in [2.24, 2.45) is 0 Å². The molecule has 0 aliphatic carbocycles. The number of nitrogens with one attached hydrogen (secondary N) is 4. The lowest BCUT2D eigenvalue weighted by atomic mass is 10.0. The molecular weight excluding hydrogens is 745 g/mol. The van der Waals surface area contributed by atoms with E-state index in [0.717, 1.165) is 11.1 Å². The van der Waals surface area contributed by atoms with Gasteiger partial charge in [0.1, 0.15) is 42.1 Å². The maximum Gasteiger partial charge on any atom is 0.326 e. The summed E-state index contributed by atoms with van der Waals surface area (Å²) in [5, 5.41) is 42.0. The van der Waals surface area contributed by atoms with Crippen molar-refractivity contribution in [2.45, 2.75) is 95.0 Å². The second-order valence-corrected chi connectivity index (χ2v) is 14.7. The Kier molecular flexibility index (Phi) is 14.4. The number of carbonyl (C=O) groups is 4. The Labute approximate surface area is 337 Å². The number of hydrogen-bond acceptors (Lipinski definition) is 11. The number of rotatable bonds is 6. The van der Waals surface area contributed by atoms with Gasteiger partial charge in [-0.25, -0.2) is 4.79 Å². The monoisotopic (exact) mass is 796 g/mol. The number of carbonyl (C=O) groups excluding carboxylic acids is 3. The number of ether oxygens (including phenoxy) is 2. The Balaban J connectivity index is 1.27. The van der Waals surface area contributed by atoms with Crippen LogP contribution < -0.4 is 30.7 Å². The lowest BCUT2D eigenvalue weighted by molar-refractivity contribution is -0.142. The highest BCUT2D eigenvalue weighted by Crippen LogP contribution is 2.24. The standard InChI is InChI=1S/C42H52N8O8/c1-27(43-2)38(51)45-35-23-29-13-17-33(18-14-29)58-26-31-25-49(48-47-31)19-7-21-57-32-15-11-30(12-16-32)24-36(42(55)56)46-39(52)34(22-28-8-4-3-5-9-28)44-40(53)37-10-6-20-50(37)41(35)54/h3-5,8-9,11-18,25,27,34-37,41,43,54H,6-7,10,19-24,26H2,1-2H3,(H,44,53)(H,45,51)(H,46,52)(H,55,56)/t27-,34-,35-,36-,37-,41?/m0/s1. The van der Waals surface area contributed by atoms with Gasteiger partial charge in [-0.15, -0.1) is 5.10 Å². The summed E-state index contributed by atoms with van der Waals surface area (Å²) in [6, 6.07) is 18.9. The number of nitrogens with zero attached hydrogens (tertiary/aromatic N) is 4.